The van der Waals surface area contributed by atoms with Crippen LogP contribution in [0.5, 0.6) is 11.5 Å². The van der Waals surface area contributed by atoms with Crippen LogP contribution in [0.3, 0.4) is 0 Å². The van der Waals surface area contributed by atoms with Gasteiger partial charge in [-0.2, -0.15) is 0 Å². The van der Waals surface area contributed by atoms with E-state index in [1.807, 2.05) is 6.07 Å². The Morgan fingerprint density at radius 1 is 1.40 bits per heavy atom. The van der Waals surface area contributed by atoms with Gasteiger partial charge in [0.25, 0.3) is 0 Å². The molecular formula is C14H15BrN2O3. The highest BCUT2D eigenvalue weighted by Gasteiger charge is 2.08. The molecule has 1 aromatic carbocycles. The van der Waals surface area contributed by atoms with Crippen LogP contribution >= 0.6 is 15.9 Å². The van der Waals surface area contributed by atoms with Gasteiger partial charge in [-0.1, -0.05) is 0 Å². The van der Waals surface area contributed by atoms with Crippen molar-refractivity contribution < 1.29 is 9.84 Å². The Labute approximate surface area is 124 Å². The van der Waals surface area contributed by atoms with E-state index in [1.165, 1.54) is 17.7 Å². The van der Waals surface area contributed by atoms with Gasteiger partial charge in [-0.15, -0.1) is 0 Å². The number of aromatic hydroxyl groups is 1. The zero-order valence-electron chi connectivity index (χ0n) is 11.2. The average Bonchev–Trinajstić information content (AvgIpc) is 2.43. The second kappa shape index (κ2) is 6.00. The minimum absolute atomic E-state index is 0.0513. The highest BCUT2D eigenvalue weighted by molar-refractivity contribution is 9.10. The minimum atomic E-state index is -0.0513. The van der Waals surface area contributed by atoms with E-state index < -0.39 is 0 Å². The lowest BCUT2D eigenvalue weighted by molar-refractivity contribution is 0.371. The van der Waals surface area contributed by atoms with Crippen LogP contribution in [-0.2, 0) is 13.6 Å². The number of benzene rings is 1. The smallest absolute Gasteiger partial charge is 0.250 e. The lowest BCUT2D eigenvalue weighted by Crippen LogP contribution is -2.15. The Morgan fingerprint density at radius 2 is 2.15 bits per heavy atom. The maximum atomic E-state index is 11.3. The van der Waals surface area contributed by atoms with Crippen molar-refractivity contribution in [2.45, 2.75) is 6.54 Å². The van der Waals surface area contributed by atoms with Crippen LogP contribution in [0.15, 0.2) is 39.7 Å². The molecule has 5 nitrogen and oxygen atoms in total. The number of aromatic nitrogens is 1. The van der Waals surface area contributed by atoms with E-state index in [9.17, 15) is 9.90 Å². The van der Waals surface area contributed by atoms with Gasteiger partial charge < -0.3 is 19.7 Å². The number of methoxy groups -OCH3 is 1. The zero-order chi connectivity index (χ0) is 14.7. The summed E-state index contributed by atoms with van der Waals surface area (Å²) in [6, 6.07) is 6.81. The van der Waals surface area contributed by atoms with Crippen molar-refractivity contribution in [1.29, 1.82) is 0 Å². The fraction of sp³-hybridized carbons (Fsp3) is 0.214. The van der Waals surface area contributed by atoms with Crippen molar-refractivity contribution in [1.82, 2.24) is 4.57 Å². The lowest BCUT2D eigenvalue weighted by Gasteiger charge is -2.11. The summed E-state index contributed by atoms with van der Waals surface area (Å²) in [7, 11) is 3.21. The van der Waals surface area contributed by atoms with Gasteiger partial charge in [0, 0.05) is 25.9 Å². The van der Waals surface area contributed by atoms with Crippen molar-refractivity contribution in [3.05, 3.63) is 50.9 Å². The van der Waals surface area contributed by atoms with Crippen LogP contribution in [0.1, 0.15) is 5.56 Å². The molecule has 0 unspecified atom stereocenters. The van der Waals surface area contributed by atoms with Crippen LogP contribution in [0.25, 0.3) is 0 Å². The van der Waals surface area contributed by atoms with E-state index >= 15 is 0 Å². The number of phenols is 1. The summed E-state index contributed by atoms with van der Waals surface area (Å²) in [5, 5.41) is 13.0. The van der Waals surface area contributed by atoms with Gasteiger partial charge in [-0.3, -0.25) is 4.79 Å². The summed E-state index contributed by atoms with van der Waals surface area (Å²) in [6.07, 6.45) is 1.73. The van der Waals surface area contributed by atoms with Crippen LogP contribution in [0.2, 0.25) is 0 Å². The average molecular weight is 339 g/mol. The van der Waals surface area contributed by atoms with Crippen LogP contribution in [0, 0.1) is 0 Å². The molecule has 0 bridgehead atoms. The molecule has 0 atom stereocenters. The molecule has 106 valence electrons. The number of halogens is 1. The molecular weight excluding hydrogens is 324 g/mol. The molecule has 1 aromatic heterocycles. The third-order valence-electron chi connectivity index (χ3n) is 2.89. The fourth-order valence-corrected chi connectivity index (χ4v) is 2.28. The molecule has 2 aromatic rings. The SMILES string of the molecule is COc1cc(CNc2ccc(=O)n(C)c2)cc(Br)c1O. The third-order valence-corrected chi connectivity index (χ3v) is 3.50. The summed E-state index contributed by atoms with van der Waals surface area (Å²) >= 11 is 3.28. The van der Waals surface area contributed by atoms with Crippen LogP contribution < -0.4 is 15.6 Å². The predicted octanol–water partition coefficient (Wildman–Crippen LogP) is 2.47. The van der Waals surface area contributed by atoms with E-state index in [-0.39, 0.29) is 11.3 Å². The molecule has 0 saturated carbocycles. The van der Waals surface area contributed by atoms with Gasteiger partial charge >= 0.3 is 0 Å². The molecule has 0 spiro atoms. The first kappa shape index (κ1) is 14.5. The Hall–Kier alpha value is -1.95. The van der Waals surface area contributed by atoms with E-state index in [2.05, 4.69) is 21.2 Å². The summed E-state index contributed by atoms with van der Waals surface area (Å²) in [4.78, 5) is 11.3. The van der Waals surface area contributed by atoms with Crippen molar-refractivity contribution in [3.8, 4) is 11.5 Å². The molecule has 20 heavy (non-hydrogen) atoms. The maximum absolute atomic E-state index is 11.3. The Kier molecular flexibility index (Phi) is 4.34. The van der Waals surface area contributed by atoms with Crippen molar-refractivity contribution in [2.24, 2.45) is 7.05 Å². The molecule has 0 fully saturated rings. The monoisotopic (exact) mass is 338 g/mol. The van der Waals surface area contributed by atoms with E-state index in [1.54, 1.807) is 25.4 Å². The van der Waals surface area contributed by atoms with Crippen molar-refractivity contribution >= 4 is 21.6 Å². The number of phenolic OH excluding ortho intramolecular Hbond substituents is 1. The number of hydrogen-bond donors (Lipinski definition) is 2. The van der Waals surface area contributed by atoms with E-state index in [0.717, 1.165) is 11.3 Å². The molecule has 0 aliphatic heterocycles. The summed E-state index contributed by atoms with van der Waals surface area (Å²) < 4.78 is 7.19. The van der Waals surface area contributed by atoms with Gasteiger partial charge in [0.1, 0.15) is 0 Å². The topological polar surface area (TPSA) is 63.5 Å². The quantitative estimate of drug-likeness (QED) is 0.898. The highest BCUT2D eigenvalue weighted by atomic mass is 79.9. The number of ether oxygens (including phenoxy) is 1. The van der Waals surface area contributed by atoms with Crippen molar-refractivity contribution in [3.63, 3.8) is 0 Å². The van der Waals surface area contributed by atoms with Crippen LogP contribution in [-0.4, -0.2) is 16.8 Å². The van der Waals surface area contributed by atoms with E-state index in [0.29, 0.717) is 16.8 Å². The number of nitrogens with zero attached hydrogens (tertiary/aromatic N) is 1. The highest BCUT2D eigenvalue weighted by Crippen LogP contribution is 2.35. The first-order valence-electron chi connectivity index (χ1n) is 5.97. The first-order valence-corrected chi connectivity index (χ1v) is 6.76. The fourth-order valence-electron chi connectivity index (χ4n) is 1.79. The van der Waals surface area contributed by atoms with Gasteiger partial charge in [0.05, 0.1) is 17.3 Å². The molecule has 0 amide bonds. The van der Waals surface area contributed by atoms with E-state index in [4.69, 9.17) is 4.74 Å². The Balaban J connectivity index is 2.16. The number of aryl methyl sites for hydroxylation is 1. The maximum Gasteiger partial charge on any atom is 0.250 e. The number of rotatable bonds is 4. The summed E-state index contributed by atoms with van der Waals surface area (Å²) in [6.45, 7) is 0.549. The lowest BCUT2D eigenvalue weighted by atomic mass is 10.2. The molecule has 2 rings (SSSR count). The molecule has 2 N–H and O–H groups in total. The standard InChI is InChI=1S/C14H15BrN2O3/c1-17-8-10(3-4-13(17)18)16-7-9-5-11(15)14(19)12(6-9)20-2/h3-6,8,16,19H,7H2,1-2H3. The van der Waals surface area contributed by atoms with Gasteiger partial charge in [0.2, 0.25) is 5.56 Å². The van der Waals surface area contributed by atoms with Gasteiger partial charge in [-0.05, 0) is 39.7 Å². The summed E-state index contributed by atoms with van der Waals surface area (Å²) in [5.74, 6) is 0.495. The number of pyridine rings is 1. The van der Waals surface area contributed by atoms with Gasteiger partial charge in [0.15, 0.2) is 11.5 Å². The zero-order valence-corrected chi connectivity index (χ0v) is 12.8. The van der Waals surface area contributed by atoms with Crippen molar-refractivity contribution in [2.75, 3.05) is 12.4 Å². The summed E-state index contributed by atoms with van der Waals surface area (Å²) in [5.41, 5.74) is 1.74. The molecule has 6 heteroatoms. The number of anilines is 1. The largest absolute Gasteiger partial charge is 0.503 e. The second-order valence-corrected chi connectivity index (χ2v) is 5.20. The minimum Gasteiger partial charge on any atom is -0.503 e. The molecule has 0 aliphatic carbocycles. The molecule has 1 heterocycles. The third kappa shape index (κ3) is 3.14. The number of hydrogen-bond acceptors (Lipinski definition) is 4. The number of nitrogens with one attached hydrogen (secondary N) is 1. The predicted molar refractivity (Wildman–Crippen MR) is 81.4 cm³/mol. The molecule has 0 radical (unpaired) electrons. The van der Waals surface area contributed by atoms with Crippen LogP contribution in [0.4, 0.5) is 5.69 Å². The molecule has 0 aliphatic rings. The normalized spacial score (nSPS) is 10.3. The Bertz CT molecular complexity index is 683. The first-order chi connectivity index (χ1) is 9.51. The molecule has 0 saturated heterocycles. The Morgan fingerprint density at radius 3 is 2.80 bits per heavy atom. The van der Waals surface area contributed by atoms with Gasteiger partial charge in [-0.25, -0.2) is 0 Å². The second-order valence-electron chi connectivity index (χ2n) is 4.35.